The molecular formula is C11H15ClN2O. The summed E-state index contributed by atoms with van der Waals surface area (Å²) in [5.74, 6) is 1.13. The van der Waals surface area contributed by atoms with Crippen molar-refractivity contribution >= 4 is 17.4 Å². The molecule has 0 aliphatic heterocycles. The average molecular weight is 227 g/mol. The molecule has 1 aliphatic carbocycles. The Morgan fingerprint density at radius 2 is 2.33 bits per heavy atom. The molecule has 1 aromatic heterocycles. The monoisotopic (exact) mass is 226 g/mol. The van der Waals surface area contributed by atoms with Gasteiger partial charge in [-0.25, -0.2) is 4.98 Å². The largest absolute Gasteiger partial charge is 0.393 e. The summed E-state index contributed by atoms with van der Waals surface area (Å²) in [6.07, 6.45) is 2.98. The highest BCUT2D eigenvalue weighted by Crippen LogP contribution is 2.25. The Kier molecular flexibility index (Phi) is 3.44. The van der Waals surface area contributed by atoms with Crippen LogP contribution in [0.3, 0.4) is 0 Å². The molecule has 1 aliphatic rings. The number of halogens is 1. The van der Waals surface area contributed by atoms with E-state index in [4.69, 9.17) is 11.6 Å². The van der Waals surface area contributed by atoms with Crippen molar-refractivity contribution in [2.45, 2.75) is 25.4 Å². The molecule has 1 heterocycles. The Labute approximate surface area is 94.5 Å². The molecule has 2 rings (SSSR count). The van der Waals surface area contributed by atoms with E-state index in [1.54, 1.807) is 6.07 Å². The summed E-state index contributed by atoms with van der Waals surface area (Å²) in [4.78, 5) is 4.13. The summed E-state index contributed by atoms with van der Waals surface area (Å²) >= 11 is 5.77. The summed E-state index contributed by atoms with van der Waals surface area (Å²) in [7, 11) is 0. The topological polar surface area (TPSA) is 45.1 Å². The lowest BCUT2D eigenvalue weighted by Crippen LogP contribution is -2.22. The van der Waals surface area contributed by atoms with E-state index in [-0.39, 0.29) is 6.10 Å². The van der Waals surface area contributed by atoms with Crippen LogP contribution in [0.5, 0.6) is 0 Å². The number of anilines is 1. The lowest BCUT2D eigenvalue weighted by molar-refractivity contribution is 0.138. The summed E-state index contributed by atoms with van der Waals surface area (Å²) < 4.78 is 0. The first-order valence-electron chi connectivity index (χ1n) is 5.30. The van der Waals surface area contributed by atoms with E-state index < -0.39 is 0 Å². The van der Waals surface area contributed by atoms with Gasteiger partial charge in [0.15, 0.2) is 0 Å². The van der Waals surface area contributed by atoms with Crippen molar-refractivity contribution in [3.63, 3.8) is 0 Å². The molecule has 0 saturated heterocycles. The van der Waals surface area contributed by atoms with Crippen molar-refractivity contribution in [2.75, 3.05) is 11.9 Å². The van der Waals surface area contributed by atoms with E-state index >= 15 is 0 Å². The Bertz CT molecular complexity index is 332. The Hall–Kier alpha value is -0.800. The van der Waals surface area contributed by atoms with Gasteiger partial charge >= 0.3 is 0 Å². The highest BCUT2D eigenvalue weighted by molar-refractivity contribution is 6.29. The van der Waals surface area contributed by atoms with Crippen LogP contribution in [0.1, 0.15) is 19.3 Å². The van der Waals surface area contributed by atoms with Crippen molar-refractivity contribution in [1.29, 1.82) is 0 Å². The van der Waals surface area contributed by atoms with Crippen LogP contribution < -0.4 is 5.32 Å². The van der Waals surface area contributed by atoms with Gasteiger partial charge in [0.2, 0.25) is 0 Å². The fourth-order valence-electron chi connectivity index (χ4n) is 2.00. The molecule has 2 atom stereocenters. The molecule has 0 amide bonds. The number of nitrogens with zero attached hydrogens (tertiary/aromatic N) is 1. The third kappa shape index (κ3) is 2.83. The van der Waals surface area contributed by atoms with Gasteiger partial charge in [0, 0.05) is 12.5 Å². The zero-order valence-corrected chi connectivity index (χ0v) is 9.24. The van der Waals surface area contributed by atoms with Crippen LogP contribution in [0.15, 0.2) is 18.2 Å². The third-order valence-corrected chi connectivity index (χ3v) is 3.09. The molecule has 0 aromatic carbocycles. The van der Waals surface area contributed by atoms with Crippen LogP contribution >= 0.6 is 11.6 Å². The predicted octanol–water partition coefficient (Wildman–Crippen LogP) is 2.31. The van der Waals surface area contributed by atoms with Crippen molar-refractivity contribution < 1.29 is 5.11 Å². The van der Waals surface area contributed by atoms with Gasteiger partial charge < -0.3 is 10.4 Å². The molecule has 3 nitrogen and oxygen atoms in total. The standard InChI is InChI=1S/C11H15ClN2O/c12-10-5-2-6-11(14-10)13-7-8-3-1-4-9(8)15/h2,5-6,8-9,15H,1,3-4,7H2,(H,13,14). The molecule has 2 N–H and O–H groups in total. The first-order valence-corrected chi connectivity index (χ1v) is 5.68. The fourth-order valence-corrected chi connectivity index (χ4v) is 2.16. The van der Waals surface area contributed by atoms with Crippen LogP contribution in [0.4, 0.5) is 5.82 Å². The number of nitrogens with one attached hydrogen (secondary N) is 1. The second-order valence-corrected chi connectivity index (χ2v) is 4.37. The normalized spacial score (nSPS) is 25.5. The number of pyridine rings is 1. The van der Waals surface area contributed by atoms with Crippen molar-refractivity contribution in [3.05, 3.63) is 23.4 Å². The molecule has 82 valence electrons. The molecule has 15 heavy (non-hydrogen) atoms. The molecule has 0 bridgehead atoms. The van der Waals surface area contributed by atoms with Gasteiger partial charge in [-0.05, 0) is 25.0 Å². The van der Waals surface area contributed by atoms with Gasteiger partial charge in [0.25, 0.3) is 0 Å². The molecule has 0 radical (unpaired) electrons. The van der Waals surface area contributed by atoms with Crippen molar-refractivity contribution in [1.82, 2.24) is 4.98 Å². The minimum Gasteiger partial charge on any atom is -0.393 e. The van der Waals surface area contributed by atoms with Gasteiger partial charge in [-0.3, -0.25) is 0 Å². The zero-order valence-electron chi connectivity index (χ0n) is 8.49. The lowest BCUT2D eigenvalue weighted by Gasteiger charge is -2.15. The SMILES string of the molecule is OC1CCCC1CNc1cccc(Cl)n1. The quantitative estimate of drug-likeness (QED) is 0.778. The predicted molar refractivity (Wildman–Crippen MR) is 61.1 cm³/mol. The first-order chi connectivity index (χ1) is 7.25. The molecule has 1 fully saturated rings. The van der Waals surface area contributed by atoms with E-state index in [0.717, 1.165) is 31.6 Å². The maximum atomic E-state index is 9.64. The molecule has 2 unspecified atom stereocenters. The van der Waals surface area contributed by atoms with Crippen molar-refractivity contribution in [3.8, 4) is 0 Å². The number of aliphatic hydroxyl groups excluding tert-OH is 1. The summed E-state index contributed by atoms with van der Waals surface area (Å²) in [6, 6.07) is 5.49. The highest BCUT2D eigenvalue weighted by atomic mass is 35.5. The minimum absolute atomic E-state index is 0.156. The van der Waals surface area contributed by atoms with Gasteiger partial charge in [0.05, 0.1) is 6.10 Å². The average Bonchev–Trinajstić information content (AvgIpc) is 2.61. The number of hydrogen-bond donors (Lipinski definition) is 2. The minimum atomic E-state index is -0.156. The van der Waals surface area contributed by atoms with Crippen LogP contribution in [0.2, 0.25) is 5.15 Å². The van der Waals surface area contributed by atoms with Crippen LogP contribution in [0, 0.1) is 5.92 Å². The van der Waals surface area contributed by atoms with Gasteiger partial charge in [-0.1, -0.05) is 24.1 Å². The number of hydrogen-bond acceptors (Lipinski definition) is 3. The summed E-state index contributed by atoms with van der Waals surface area (Å²) in [5, 5.41) is 13.3. The number of aromatic nitrogens is 1. The van der Waals surface area contributed by atoms with E-state index in [2.05, 4.69) is 10.3 Å². The van der Waals surface area contributed by atoms with Gasteiger partial charge in [0.1, 0.15) is 11.0 Å². The molecular weight excluding hydrogens is 212 g/mol. The van der Waals surface area contributed by atoms with E-state index in [1.807, 2.05) is 12.1 Å². The van der Waals surface area contributed by atoms with E-state index in [9.17, 15) is 5.11 Å². The first kappa shape index (κ1) is 10.7. The smallest absolute Gasteiger partial charge is 0.131 e. The van der Waals surface area contributed by atoms with Gasteiger partial charge in [-0.15, -0.1) is 0 Å². The molecule has 1 saturated carbocycles. The second kappa shape index (κ2) is 4.81. The maximum Gasteiger partial charge on any atom is 0.131 e. The third-order valence-electron chi connectivity index (χ3n) is 2.88. The molecule has 1 aromatic rings. The van der Waals surface area contributed by atoms with E-state index in [1.165, 1.54) is 0 Å². The number of aliphatic hydroxyl groups is 1. The summed E-state index contributed by atoms with van der Waals surface area (Å²) in [6.45, 7) is 0.772. The maximum absolute atomic E-state index is 9.64. The van der Waals surface area contributed by atoms with E-state index in [0.29, 0.717) is 11.1 Å². The van der Waals surface area contributed by atoms with Gasteiger partial charge in [-0.2, -0.15) is 0 Å². The second-order valence-electron chi connectivity index (χ2n) is 3.98. The lowest BCUT2D eigenvalue weighted by atomic mass is 10.1. The van der Waals surface area contributed by atoms with Crippen LogP contribution in [-0.2, 0) is 0 Å². The Balaban J connectivity index is 1.87. The Morgan fingerprint density at radius 1 is 1.47 bits per heavy atom. The number of rotatable bonds is 3. The van der Waals surface area contributed by atoms with Crippen LogP contribution in [0.25, 0.3) is 0 Å². The fraction of sp³-hybridized carbons (Fsp3) is 0.545. The highest BCUT2D eigenvalue weighted by Gasteiger charge is 2.24. The molecule has 0 spiro atoms. The Morgan fingerprint density at radius 3 is 3.00 bits per heavy atom. The summed E-state index contributed by atoms with van der Waals surface area (Å²) in [5.41, 5.74) is 0. The molecule has 4 heteroatoms. The van der Waals surface area contributed by atoms with Crippen LogP contribution in [-0.4, -0.2) is 22.7 Å². The van der Waals surface area contributed by atoms with Crippen molar-refractivity contribution in [2.24, 2.45) is 5.92 Å². The zero-order chi connectivity index (χ0) is 10.7.